The van der Waals surface area contributed by atoms with Crippen LogP contribution in [0.25, 0.3) is 0 Å². The van der Waals surface area contributed by atoms with Gasteiger partial charge in [0.05, 0.1) is 5.92 Å². The van der Waals surface area contributed by atoms with Gasteiger partial charge in [0, 0.05) is 49.1 Å². The Morgan fingerprint density at radius 2 is 1.86 bits per heavy atom. The molecule has 1 unspecified atom stereocenters. The molecular weight excluding hydrogens is 284 g/mol. The van der Waals surface area contributed by atoms with E-state index in [1.165, 1.54) is 0 Å². The highest BCUT2D eigenvalue weighted by Crippen LogP contribution is 2.24. The van der Waals surface area contributed by atoms with Crippen LogP contribution in [0.2, 0.25) is 0 Å². The van der Waals surface area contributed by atoms with Crippen LogP contribution >= 0.6 is 11.8 Å². The molecule has 114 valence electrons. The van der Waals surface area contributed by atoms with Crippen molar-refractivity contribution in [1.82, 2.24) is 14.9 Å². The summed E-state index contributed by atoms with van der Waals surface area (Å²) < 4.78 is 0. The van der Waals surface area contributed by atoms with Crippen molar-refractivity contribution in [2.45, 2.75) is 20.3 Å². The Balaban J connectivity index is 1.65. The zero-order valence-corrected chi connectivity index (χ0v) is 13.5. The molecule has 2 aliphatic heterocycles. The minimum absolute atomic E-state index is 0.109. The molecule has 1 amide bonds. The lowest BCUT2D eigenvalue weighted by Crippen LogP contribution is -2.42. The second-order valence-electron chi connectivity index (χ2n) is 5.82. The molecule has 6 heteroatoms. The molecule has 1 atom stereocenters. The van der Waals surface area contributed by atoms with E-state index in [9.17, 15) is 4.79 Å². The van der Waals surface area contributed by atoms with Crippen molar-refractivity contribution in [3.05, 3.63) is 17.5 Å². The summed E-state index contributed by atoms with van der Waals surface area (Å²) in [5.74, 6) is 3.35. The van der Waals surface area contributed by atoms with Gasteiger partial charge in [0.25, 0.3) is 0 Å². The summed E-state index contributed by atoms with van der Waals surface area (Å²) >= 11 is 1.93. The maximum atomic E-state index is 12.6. The monoisotopic (exact) mass is 306 g/mol. The summed E-state index contributed by atoms with van der Waals surface area (Å²) in [4.78, 5) is 25.8. The van der Waals surface area contributed by atoms with Gasteiger partial charge in [0.1, 0.15) is 0 Å². The Morgan fingerprint density at radius 3 is 2.52 bits per heavy atom. The maximum Gasteiger partial charge on any atom is 0.227 e. The van der Waals surface area contributed by atoms with E-state index in [1.807, 2.05) is 36.6 Å². The van der Waals surface area contributed by atoms with Crippen LogP contribution < -0.4 is 4.90 Å². The number of carbonyl (C=O) groups is 1. The molecule has 0 saturated carbocycles. The first-order valence-electron chi connectivity index (χ1n) is 7.57. The first-order chi connectivity index (χ1) is 10.1. The van der Waals surface area contributed by atoms with Gasteiger partial charge in [-0.25, -0.2) is 9.97 Å². The fourth-order valence-corrected chi connectivity index (χ4v) is 3.94. The topological polar surface area (TPSA) is 49.3 Å². The Labute approximate surface area is 130 Å². The number of hydrogen-bond acceptors (Lipinski definition) is 5. The third-order valence-corrected chi connectivity index (χ3v) is 5.06. The molecule has 3 heterocycles. The smallest absolute Gasteiger partial charge is 0.227 e. The number of thioether (sulfide) groups is 1. The van der Waals surface area contributed by atoms with Gasteiger partial charge in [-0.1, -0.05) is 0 Å². The Morgan fingerprint density at radius 1 is 1.19 bits per heavy atom. The van der Waals surface area contributed by atoms with Crippen LogP contribution in [0.1, 0.15) is 17.8 Å². The summed E-state index contributed by atoms with van der Waals surface area (Å²) in [6.45, 7) is 7.41. The number of rotatable bonds is 2. The average Bonchev–Trinajstić information content (AvgIpc) is 2.96. The molecule has 2 saturated heterocycles. The van der Waals surface area contributed by atoms with Gasteiger partial charge in [-0.3, -0.25) is 4.79 Å². The van der Waals surface area contributed by atoms with Crippen molar-refractivity contribution in [2.75, 3.05) is 42.6 Å². The van der Waals surface area contributed by atoms with E-state index in [-0.39, 0.29) is 5.92 Å². The summed E-state index contributed by atoms with van der Waals surface area (Å²) in [7, 11) is 0. The van der Waals surface area contributed by atoms with Crippen molar-refractivity contribution in [2.24, 2.45) is 5.92 Å². The van der Waals surface area contributed by atoms with Crippen molar-refractivity contribution in [1.29, 1.82) is 0 Å². The summed E-state index contributed by atoms with van der Waals surface area (Å²) in [5, 5.41) is 0. The van der Waals surface area contributed by atoms with Gasteiger partial charge in [-0.2, -0.15) is 11.8 Å². The molecule has 0 radical (unpaired) electrons. The lowest BCUT2D eigenvalue weighted by Gasteiger charge is -2.28. The molecular formula is C15H22N4OS. The van der Waals surface area contributed by atoms with Crippen molar-refractivity contribution < 1.29 is 4.79 Å². The molecule has 3 rings (SSSR count). The first kappa shape index (κ1) is 14.6. The van der Waals surface area contributed by atoms with Crippen LogP contribution in [0.5, 0.6) is 0 Å². The van der Waals surface area contributed by atoms with Crippen molar-refractivity contribution >= 4 is 23.6 Å². The highest BCUT2D eigenvalue weighted by atomic mass is 32.2. The molecule has 2 fully saturated rings. The molecule has 21 heavy (non-hydrogen) atoms. The number of carbonyl (C=O) groups excluding carboxylic acids is 1. The summed E-state index contributed by atoms with van der Waals surface area (Å²) in [6.07, 6.45) is 0.916. The zero-order valence-electron chi connectivity index (χ0n) is 12.7. The first-order valence-corrected chi connectivity index (χ1v) is 8.73. The third-order valence-electron chi connectivity index (χ3n) is 4.11. The molecule has 0 spiro atoms. The van der Waals surface area contributed by atoms with Gasteiger partial charge < -0.3 is 9.80 Å². The number of nitrogens with zero attached hydrogens (tertiary/aromatic N) is 4. The predicted octanol–water partition coefficient (Wildman–Crippen LogP) is 1.50. The second-order valence-corrected chi connectivity index (χ2v) is 7.04. The summed E-state index contributed by atoms with van der Waals surface area (Å²) in [5.41, 5.74) is 1.97. The van der Waals surface area contributed by atoms with Crippen LogP contribution in [-0.4, -0.2) is 58.5 Å². The minimum atomic E-state index is 0.109. The van der Waals surface area contributed by atoms with Crippen LogP contribution in [0.15, 0.2) is 6.07 Å². The molecule has 1 aromatic rings. The van der Waals surface area contributed by atoms with Gasteiger partial charge in [0.2, 0.25) is 11.9 Å². The fraction of sp³-hybridized carbons (Fsp3) is 0.667. The van der Waals surface area contributed by atoms with E-state index in [2.05, 4.69) is 14.9 Å². The lowest BCUT2D eigenvalue weighted by molar-refractivity contribution is -0.134. The highest BCUT2D eigenvalue weighted by molar-refractivity contribution is 7.99. The van der Waals surface area contributed by atoms with Gasteiger partial charge in [-0.15, -0.1) is 0 Å². The predicted molar refractivity (Wildman–Crippen MR) is 85.7 cm³/mol. The Bertz CT molecular complexity index is 510. The number of hydrogen-bond donors (Lipinski definition) is 0. The van der Waals surface area contributed by atoms with E-state index in [4.69, 9.17) is 0 Å². The zero-order chi connectivity index (χ0) is 14.8. The quantitative estimate of drug-likeness (QED) is 0.828. The Kier molecular flexibility index (Phi) is 4.33. The van der Waals surface area contributed by atoms with E-state index in [1.54, 1.807) is 0 Å². The molecule has 1 aromatic heterocycles. The van der Waals surface area contributed by atoms with Gasteiger partial charge >= 0.3 is 0 Å². The van der Waals surface area contributed by atoms with Crippen LogP contribution in [0.4, 0.5) is 5.95 Å². The number of aryl methyl sites for hydroxylation is 2. The van der Waals surface area contributed by atoms with E-state index in [0.29, 0.717) is 5.91 Å². The molecule has 0 N–H and O–H groups in total. The number of anilines is 1. The fourth-order valence-electron chi connectivity index (χ4n) is 3.03. The SMILES string of the molecule is Cc1cc(C)nc(N2CCC(C(=O)N3CCSCC3)C2)n1. The standard InChI is InChI=1S/C15H22N4OS/c1-11-9-12(2)17-15(16-11)19-4-3-13(10-19)14(20)18-5-7-21-8-6-18/h9,13H,3-8,10H2,1-2H3. The van der Waals surface area contributed by atoms with Crippen LogP contribution in [0.3, 0.4) is 0 Å². The normalized spacial score (nSPS) is 22.7. The maximum absolute atomic E-state index is 12.6. The molecule has 0 aromatic carbocycles. The Hall–Kier alpha value is -1.30. The molecule has 2 aliphatic rings. The third kappa shape index (κ3) is 3.31. The largest absolute Gasteiger partial charge is 0.341 e. The van der Waals surface area contributed by atoms with E-state index in [0.717, 1.165) is 61.4 Å². The van der Waals surface area contributed by atoms with E-state index < -0.39 is 0 Å². The van der Waals surface area contributed by atoms with Gasteiger partial charge in [-0.05, 0) is 26.3 Å². The lowest BCUT2D eigenvalue weighted by atomic mass is 10.1. The second kappa shape index (κ2) is 6.22. The van der Waals surface area contributed by atoms with Crippen LogP contribution in [0, 0.1) is 19.8 Å². The summed E-state index contributed by atoms with van der Waals surface area (Å²) in [6, 6.07) is 1.98. The number of amides is 1. The molecule has 0 bridgehead atoms. The average molecular weight is 306 g/mol. The number of aromatic nitrogens is 2. The van der Waals surface area contributed by atoms with Crippen molar-refractivity contribution in [3.63, 3.8) is 0 Å². The molecule has 0 aliphatic carbocycles. The minimum Gasteiger partial charge on any atom is -0.341 e. The van der Waals surface area contributed by atoms with Gasteiger partial charge in [0.15, 0.2) is 0 Å². The van der Waals surface area contributed by atoms with E-state index >= 15 is 0 Å². The van der Waals surface area contributed by atoms with Crippen molar-refractivity contribution in [3.8, 4) is 0 Å². The highest BCUT2D eigenvalue weighted by Gasteiger charge is 2.33. The van der Waals surface area contributed by atoms with Crippen LogP contribution in [-0.2, 0) is 4.79 Å². The molecule has 5 nitrogen and oxygen atoms in total.